The molecule has 0 radical (unpaired) electrons. The summed E-state index contributed by atoms with van der Waals surface area (Å²) >= 11 is 11.8. The lowest BCUT2D eigenvalue weighted by atomic mass is 10.2. The van der Waals surface area contributed by atoms with Crippen LogP contribution in [0.2, 0.25) is 5.02 Å². The van der Waals surface area contributed by atoms with Crippen molar-refractivity contribution in [3.8, 4) is 11.5 Å². The van der Waals surface area contributed by atoms with E-state index in [2.05, 4.69) is 0 Å². The normalized spacial score (nSPS) is 10.2. The van der Waals surface area contributed by atoms with Gasteiger partial charge in [-0.25, -0.2) is 0 Å². The highest BCUT2D eigenvalue weighted by atomic mass is 35.5. The van der Waals surface area contributed by atoms with Crippen molar-refractivity contribution in [2.45, 2.75) is 12.8 Å². The fourth-order valence-electron chi connectivity index (χ4n) is 1.17. The Labute approximate surface area is 105 Å². The van der Waals surface area contributed by atoms with E-state index in [0.717, 1.165) is 5.56 Å². The van der Waals surface area contributed by atoms with Crippen LogP contribution in [0.1, 0.15) is 12.5 Å². The minimum Gasteiger partial charge on any atom is -0.493 e. The fraction of sp³-hybridized carbons (Fsp3) is 0.455. The Morgan fingerprint density at radius 3 is 2.62 bits per heavy atom. The van der Waals surface area contributed by atoms with Gasteiger partial charge in [-0.05, 0) is 24.6 Å². The number of ether oxygens (including phenoxy) is 3. The molecule has 0 atom stereocenters. The van der Waals surface area contributed by atoms with Crippen molar-refractivity contribution in [3.63, 3.8) is 0 Å². The van der Waals surface area contributed by atoms with Crippen LogP contribution >= 0.6 is 23.2 Å². The molecule has 0 spiro atoms. The molecule has 0 aliphatic carbocycles. The van der Waals surface area contributed by atoms with Gasteiger partial charge >= 0.3 is 0 Å². The monoisotopic (exact) mass is 264 g/mol. The smallest absolute Gasteiger partial charge is 0.189 e. The summed E-state index contributed by atoms with van der Waals surface area (Å²) in [5.41, 5.74) is 0.882. The summed E-state index contributed by atoms with van der Waals surface area (Å²) in [6, 6.07) is 3.54. The molecule has 5 heteroatoms. The van der Waals surface area contributed by atoms with Crippen LogP contribution in [0, 0.1) is 0 Å². The van der Waals surface area contributed by atoms with E-state index in [1.54, 1.807) is 19.2 Å². The predicted octanol–water partition coefficient (Wildman–Crippen LogP) is 3.46. The third kappa shape index (κ3) is 3.44. The van der Waals surface area contributed by atoms with Gasteiger partial charge in [-0.2, -0.15) is 0 Å². The largest absolute Gasteiger partial charge is 0.493 e. The Hall–Kier alpha value is -0.640. The quantitative estimate of drug-likeness (QED) is 0.448. The van der Waals surface area contributed by atoms with Gasteiger partial charge in [-0.3, -0.25) is 0 Å². The fourth-order valence-corrected chi connectivity index (χ4v) is 1.62. The molecule has 0 saturated heterocycles. The molecule has 0 amide bonds. The lowest BCUT2D eigenvalue weighted by molar-refractivity contribution is 0.0209. The maximum atomic E-state index is 6.05. The molecule has 90 valence electrons. The number of halogens is 2. The topological polar surface area (TPSA) is 27.7 Å². The number of alkyl halides is 1. The second kappa shape index (κ2) is 6.84. The highest BCUT2D eigenvalue weighted by Crippen LogP contribution is 2.36. The second-order valence-corrected chi connectivity index (χ2v) is 3.67. The zero-order valence-corrected chi connectivity index (χ0v) is 10.8. The summed E-state index contributed by atoms with van der Waals surface area (Å²) in [6.07, 6.45) is 0. The molecule has 0 aliphatic heterocycles. The molecule has 0 heterocycles. The van der Waals surface area contributed by atoms with Crippen LogP contribution in [0.3, 0.4) is 0 Å². The van der Waals surface area contributed by atoms with Crippen molar-refractivity contribution in [1.29, 1.82) is 0 Å². The van der Waals surface area contributed by atoms with Crippen molar-refractivity contribution in [2.24, 2.45) is 0 Å². The molecule has 1 aromatic carbocycles. The third-order valence-corrected chi connectivity index (χ3v) is 2.52. The molecular weight excluding hydrogens is 251 g/mol. The highest BCUT2D eigenvalue weighted by molar-refractivity contribution is 6.32. The van der Waals surface area contributed by atoms with Crippen molar-refractivity contribution in [3.05, 3.63) is 22.7 Å². The first-order chi connectivity index (χ1) is 7.72. The van der Waals surface area contributed by atoms with E-state index < -0.39 is 0 Å². The van der Waals surface area contributed by atoms with E-state index >= 15 is 0 Å². The standard InChI is InChI=1S/C11H14Cl2O3/c1-3-15-7-16-11-9(13)4-8(6-12)5-10(11)14-2/h4-5H,3,6-7H2,1-2H3. The van der Waals surface area contributed by atoms with Crippen LogP contribution in [0.5, 0.6) is 11.5 Å². The summed E-state index contributed by atoms with van der Waals surface area (Å²) < 4.78 is 15.6. The first-order valence-electron chi connectivity index (χ1n) is 4.85. The van der Waals surface area contributed by atoms with Gasteiger partial charge in [0.2, 0.25) is 0 Å². The maximum Gasteiger partial charge on any atom is 0.189 e. The number of rotatable bonds is 6. The summed E-state index contributed by atoms with van der Waals surface area (Å²) in [5, 5.41) is 0.467. The highest BCUT2D eigenvalue weighted by Gasteiger charge is 2.11. The number of methoxy groups -OCH3 is 1. The van der Waals surface area contributed by atoms with Crippen molar-refractivity contribution in [2.75, 3.05) is 20.5 Å². The third-order valence-electron chi connectivity index (χ3n) is 1.93. The Balaban J connectivity index is 2.88. The van der Waals surface area contributed by atoms with Crippen LogP contribution in [0.25, 0.3) is 0 Å². The molecule has 0 aliphatic rings. The minimum atomic E-state index is 0.146. The number of hydrogen-bond donors (Lipinski definition) is 0. The molecular formula is C11H14Cl2O3. The molecule has 0 bridgehead atoms. The number of hydrogen-bond acceptors (Lipinski definition) is 3. The molecule has 1 aromatic rings. The Kier molecular flexibility index (Phi) is 5.74. The van der Waals surface area contributed by atoms with Gasteiger partial charge in [0.15, 0.2) is 18.3 Å². The van der Waals surface area contributed by atoms with E-state index in [4.69, 9.17) is 37.4 Å². The van der Waals surface area contributed by atoms with Gasteiger partial charge in [0, 0.05) is 12.5 Å². The molecule has 3 nitrogen and oxygen atoms in total. The summed E-state index contributed by atoms with van der Waals surface area (Å²) in [4.78, 5) is 0. The lowest BCUT2D eigenvalue weighted by Gasteiger charge is -2.13. The molecule has 0 saturated carbocycles. The molecule has 0 fully saturated rings. The Morgan fingerprint density at radius 2 is 2.06 bits per heavy atom. The lowest BCUT2D eigenvalue weighted by Crippen LogP contribution is -2.04. The van der Waals surface area contributed by atoms with Crippen molar-refractivity contribution < 1.29 is 14.2 Å². The van der Waals surface area contributed by atoms with Gasteiger partial charge in [0.1, 0.15) is 0 Å². The van der Waals surface area contributed by atoms with Gasteiger partial charge in [-0.15, -0.1) is 11.6 Å². The van der Waals surface area contributed by atoms with Crippen LogP contribution in [0.4, 0.5) is 0 Å². The van der Waals surface area contributed by atoms with Crippen LogP contribution in [0.15, 0.2) is 12.1 Å². The second-order valence-electron chi connectivity index (χ2n) is 3.00. The Bertz CT molecular complexity index is 342. The van der Waals surface area contributed by atoms with E-state index in [9.17, 15) is 0 Å². The first-order valence-corrected chi connectivity index (χ1v) is 5.77. The molecule has 0 aromatic heterocycles. The van der Waals surface area contributed by atoms with Gasteiger partial charge in [0.05, 0.1) is 12.1 Å². The van der Waals surface area contributed by atoms with Crippen molar-refractivity contribution >= 4 is 23.2 Å². The van der Waals surface area contributed by atoms with Gasteiger partial charge < -0.3 is 14.2 Å². The maximum absolute atomic E-state index is 6.05. The van der Waals surface area contributed by atoms with Crippen LogP contribution in [-0.2, 0) is 10.6 Å². The summed E-state index contributed by atoms with van der Waals surface area (Å²) in [5.74, 6) is 1.41. The van der Waals surface area contributed by atoms with E-state index in [1.807, 2.05) is 6.92 Å². The predicted molar refractivity (Wildman–Crippen MR) is 64.7 cm³/mol. The van der Waals surface area contributed by atoms with Gasteiger partial charge in [-0.1, -0.05) is 11.6 Å². The number of benzene rings is 1. The van der Waals surface area contributed by atoms with Crippen molar-refractivity contribution in [1.82, 2.24) is 0 Å². The average molecular weight is 265 g/mol. The zero-order chi connectivity index (χ0) is 12.0. The molecule has 1 rings (SSSR count). The molecule has 0 unspecified atom stereocenters. The van der Waals surface area contributed by atoms with Gasteiger partial charge in [0.25, 0.3) is 0 Å². The molecule has 0 N–H and O–H groups in total. The molecule has 16 heavy (non-hydrogen) atoms. The van der Waals surface area contributed by atoms with E-state index in [-0.39, 0.29) is 6.79 Å². The SMILES string of the molecule is CCOCOc1c(Cl)cc(CCl)cc1OC. The average Bonchev–Trinajstić information content (AvgIpc) is 2.30. The first kappa shape index (κ1) is 13.4. The van der Waals surface area contributed by atoms with E-state index in [1.165, 1.54) is 0 Å². The minimum absolute atomic E-state index is 0.146. The summed E-state index contributed by atoms with van der Waals surface area (Å²) in [6.45, 7) is 2.62. The summed E-state index contributed by atoms with van der Waals surface area (Å²) in [7, 11) is 1.55. The van der Waals surface area contributed by atoms with E-state index in [0.29, 0.717) is 29.0 Å². The van der Waals surface area contributed by atoms with Crippen LogP contribution < -0.4 is 9.47 Å². The Morgan fingerprint density at radius 1 is 1.31 bits per heavy atom. The zero-order valence-electron chi connectivity index (χ0n) is 9.26. The van der Waals surface area contributed by atoms with Crippen LogP contribution in [-0.4, -0.2) is 20.5 Å².